The fourth-order valence-corrected chi connectivity index (χ4v) is 2.29. The standard InChI is InChI=1S/C20H26N2O3/c1-15-7-9-16(10-8-15)22(14-17-6-5-13-25-17)18(23)11-12-21-19(24)20(2,3)4/h5-10,13H,11-12,14H2,1-4H3,(H,21,24). The molecule has 1 N–H and O–H groups in total. The van der Waals surface area contributed by atoms with Gasteiger partial charge < -0.3 is 14.6 Å². The van der Waals surface area contributed by atoms with Gasteiger partial charge in [0.2, 0.25) is 11.8 Å². The number of aryl methyl sites for hydroxylation is 1. The molecule has 25 heavy (non-hydrogen) atoms. The van der Waals surface area contributed by atoms with Crippen LogP contribution < -0.4 is 10.2 Å². The third-order valence-electron chi connectivity index (χ3n) is 3.85. The number of hydrogen-bond donors (Lipinski definition) is 1. The molecule has 1 heterocycles. The fourth-order valence-electron chi connectivity index (χ4n) is 2.29. The van der Waals surface area contributed by atoms with E-state index in [9.17, 15) is 9.59 Å². The second-order valence-electron chi connectivity index (χ2n) is 7.15. The highest BCUT2D eigenvalue weighted by Crippen LogP contribution is 2.19. The van der Waals surface area contributed by atoms with E-state index in [4.69, 9.17) is 4.42 Å². The van der Waals surface area contributed by atoms with Gasteiger partial charge in [-0.3, -0.25) is 9.59 Å². The minimum absolute atomic E-state index is 0.0607. The summed E-state index contributed by atoms with van der Waals surface area (Å²) in [5, 5.41) is 2.82. The van der Waals surface area contributed by atoms with Crippen molar-refractivity contribution in [2.75, 3.05) is 11.4 Å². The summed E-state index contributed by atoms with van der Waals surface area (Å²) in [6, 6.07) is 11.4. The van der Waals surface area contributed by atoms with Crippen molar-refractivity contribution >= 4 is 17.5 Å². The Morgan fingerprint density at radius 1 is 1.12 bits per heavy atom. The lowest BCUT2D eigenvalue weighted by Gasteiger charge is -2.23. The Morgan fingerprint density at radius 2 is 1.80 bits per heavy atom. The van der Waals surface area contributed by atoms with Crippen LogP contribution in [0.15, 0.2) is 47.1 Å². The van der Waals surface area contributed by atoms with Gasteiger partial charge in [-0.1, -0.05) is 38.5 Å². The van der Waals surface area contributed by atoms with Crippen molar-refractivity contribution < 1.29 is 14.0 Å². The van der Waals surface area contributed by atoms with Crippen LogP contribution in [0.1, 0.15) is 38.5 Å². The van der Waals surface area contributed by atoms with Crippen LogP contribution in [0.2, 0.25) is 0 Å². The maximum absolute atomic E-state index is 12.7. The molecule has 1 aromatic carbocycles. The first-order valence-electron chi connectivity index (χ1n) is 8.45. The molecule has 0 bridgehead atoms. The molecular formula is C20H26N2O3. The first kappa shape index (κ1) is 18.8. The molecule has 0 radical (unpaired) electrons. The fraction of sp³-hybridized carbons (Fsp3) is 0.400. The molecule has 2 amide bonds. The molecule has 2 rings (SSSR count). The van der Waals surface area contributed by atoms with Gasteiger partial charge in [-0.15, -0.1) is 0 Å². The van der Waals surface area contributed by atoms with Gasteiger partial charge in [0.15, 0.2) is 0 Å². The Morgan fingerprint density at radius 3 is 2.36 bits per heavy atom. The van der Waals surface area contributed by atoms with Gasteiger partial charge in [0.25, 0.3) is 0 Å². The average Bonchev–Trinajstić information content (AvgIpc) is 3.05. The molecular weight excluding hydrogens is 316 g/mol. The molecule has 0 saturated carbocycles. The van der Waals surface area contributed by atoms with E-state index in [1.807, 2.05) is 58.0 Å². The molecule has 0 aliphatic rings. The third-order valence-corrected chi connectivity index (χ3v) is 3.85. The van der Waals surface area contributed by atoms with E-state index in [-0.39, 0.29) is 18.2 Å². The van der Waals surface area contributed by atoms with E-state index in [1.54, 1.807) is 17.2 Å². The zero-order chi connectivity index (χ0) is 18.4. The van der Waals surface area contributed by atoms with Crippen molar-refractivity contribution in [3.8, 4) is 0 Å². The van der Waals surface area contributed by atoms with Crippen LogP contribution in [0, 0.1) is 12.3 Å². The van der Waals surface area contributed by atoms with Crippen molar-refractivity contribution in [2.45, 2.75) is 40.7 Å². The van der Waals surface area contributed by atoms with Gasteiger partial charge in [0.05, 0.1) is 12.8 Å². The predicted octanol–water partition coefficient (Wildman–Crippen LogP) is 3.67. The quantitative estimate of drug-likeness (QED) is 0.871. The smallest absolute Gasteiger partial charge is 0.229 e. The van der Waals surface area contributed by atoms with Crippen LogP contribution in [0.3, 0.4) is 0 Å². The summed E-state index contributed by atoms with van der Waals surface area (Å²) in [4.78, 5) is 26.3. The van der Waals surface area contributed by atoms with Crippen molar-refractivity contribution in [1.29, 1.82) is 0 Å². The average molecular weight is 342 g/mol. The van der Waals surface area contributed by atoms with Crippen LogP contribution in [-0.4, -0.2) is 18.4 Å². The SMILES string of the molecule is Cc1ccc(N(Cc2ccco2)C(=O)CCNC(=O)C(C)(C)C)cc1. The Kier molecular flexibility index (Phi) is 6.02. The lowest BCUT2D eigenvalue weighted by Crippen LogP contribution is -2.38. The second-order valence-corrected chi connectivity index (χ2v) is 7.15. The number of hydrogen-bond acceptors (Lipinski definition) is 3. The van der Waals surface area contributed by atoms with Crippen LogP contribution >= 0.6 is 0 Å². The van der Waals surface area contributed by atoms with Crippen molar-refractivity contribution in [3.05, 3.63) is 54.0 Å². The summed E-state index contributed by atoms with van der Waals surface area (Å²) >= 11 is 0. The number of anilines is 1. The number of nitrogens with one attached hydrogen (secondary N) is 1. The predicted molar refractivity (Wildman–Crippen MR) is 98.2 cm³/mol. The summed E-state index contributed by atoms with van der Waals surface area (Å²) in [6.45, 7) is 8.22. The Bertz CT molecular complexity index is 698. The summed E-state index contributed by atoms with van der Waals surface area (Å²) in [5.74, 6) is 0.593. The number of carbonyl (C=O) groups excluding carboxylic acids is 2. The number of furan rings is 1. The lowest BCUT2D eigenvalue weighted by atomic mass is 9.96. The first-order chi connectivity index (χ1) is 11.8. The number of benzene rings is 1. The van der Waals surface area contributed by atoms with Crippen LogP contribution in [0.25, 0.3) is 0 Å². The molecule has 0 saturated heterocycles. The van der Waals surface area contributed by atoms with E-state index >= 15 is 0 Å². The molecule has 0 atom stereocenters. The molecule has 5 heteroatoms. The molecule has 0 aliphatic carbocycles. The zero-order valence-electron chi connectivity index (χ0n) is 15.3. The minimum atomic E-state index is -0.464. The largest absolute Gasteiger partial charge is 0.467 e. The van der Waals surface area contributed by atoms with Crippen LogP contribution in [0.5, 0.6) is 0 Å². The second kappa shape index (κ2) is 8.01. The van der Waals surface area contributed by atoms with Gasteiger partial charge in [-0.2, -0.15) is 0 Å². The normalized spacial score (nSPS) is 11.2. The highest BCUT2D eigenvalue weighted by atomic mass is 16.3. The zero-order valence-corrected chi connectivity index (χ0v) is 15.3. The molecule has 134 valence electrons. The van der Waals surface area contributed by atoms with Crippen LogP contribution in [0.4, 0.5) is 5.69 Å². The molecule has 1 aromatic heterocycles. The highest BCUT2D eigenvalue weighted by molar-refractivity contribution is 5.93. The number of carbonyl (C=O) groups is 2. The lowest BCUT2D eigenvalue weighted by molar-refractivity contribution is -0.128. The third kappa shape index (κ3) is 5.48. The first-order valence-corrected chi connectivity index (χ1v) is 8.45. The van der Waals surface area contributed by atoms with E-state index in [1.165, 1.54) is 0 Å². The van der Waals surface area contributed by atoms with Gasteiger partial charge >= 0.3 is 0 Å². The van der Waals surface area contributed by atoms with E-state index in [0.717, 1.165) is 11.3 Å². The van der Waals surface area contributed by atoms with Gasteiger partial charge in [0.1, 0.15) is 5.76 Å². The summed E-state index contributed by atoms with van der Waals surface area (Å²) < 4.78 is 5.38. The monoisotopic (exact) mass is 342 g/mol. The molecule has 0 spiro atoms. The maximum atomic E-state index is 12.7. The minimum Gasteiger partial charge on any atom is -0.467 e. The Hall–Kier alpha value is -2.56. The summed E-state index contributed by atoms with van der Waals surface area (Å²) in [7, 11) is 0. The van der Waals surface area contributed by atoms with E-state index < -0.39 is 5.41 Å². The molecule has 0 aliphatic heterocycles. The van der Waals surface area contributed by atoms with Gasteiger partial charge in [0, 0.05) is 24.1 Å². The Balaban J connectivity index is 2.05. The molecule has 5 nitrogen and oxygen atoms in total. The van der Waals surface area contributed by atoms with E-state index in [0.29, 0.717) is 18.8 Å². The van der Waals surface area contributed by atoms with Crippen molar-refractivity contribution in [3.63, 3.8) is 0 Å². The van der Waals surface area contributed by atoms with E-state index in [2.05, 4.69) is 5.32 Å². The molecule has 2 aromatic rings. The molecule has 0 unspecified atom stereocenters. The summed E-state index contributed by atoms with van der Waals surface area (Å²) in [6.07, 6.45) is 1.83. The Labute approximate surface area is 149 Å². The highest BCUT2D eigenvalue weighted by Gasteiger charge is 2.22. The number of amides is 2. The van der Waals surface area contributed by atoms with Gasteiger partial charge in [-0.05, 0) is 31.2 Å². The number of rotatable bonds is 6. The molecule has 0 fully saturated rings. The van der Waals surface area contributed by atoms with Crippen molar-refractivity contribution in [1.82, 2.24) is 5.32 Å². The van der Waals surface area contributed by atoms with Gasteiger partial charge in [-0.25, -0.2) is 0 Å². The van der Waals surface area contributed by atoms with Crippen molar-refractivity contribution in [2.24, 2.45) is 5.41 Å². The number of nitrogens with zero attached hydrogens (tertiary/aromatic N) is 1. The maximum Gasteiger partial charge on any atom is 0.229 e. The van der Waals surface area contributed by atoms with Crippen LogP contribution in [-0.2, 0) is 16.1 Å². The topological polar surface area (TPSA) is 62.6 Å². The summed E-state index contributed by atoms with van der Waals surface area (Å²) in [5.41, 5.74) is 1.48.